The van der Waals surface area contributed by atoms with Crippen LogP contribution in [-0.2, 0) is 11.3 Å². The summed E-state index contributed by atoms with van der Waals surface area (Å²) in [5, 5.41) is 15.2. The fourth-order valence-electron chi connectivity index (χ4n) is 3.35. The van der Waals surface area contributed by atoms with Crippen LogP contribution in [0.15, 0.2) is 52.2 Å². The van der Waals surface area contributed by atoms with Gasteiger partial charge in [0, 0.05) is 12.0 Å². The molecule has 0 unspecified atom stereocenters. The number of thioether (sulfide) groups is 1. The Bertz CT molecular complexity index is 1090. The molecule has 3 aromatic rings. The molecule has 2 fully saturated rings. The number of nitrogens with zero attached hydrogens (tertiary/aromatic N) is 3. The van der Waals surface area contributed by atoms with Crippen LogP contribution < -0.4 is 10.6 Å². The maximum atomic E-state index is 12.6. The van der Waals surface area contributed by atoms with E-state index in [0.29, 0.717) is 28.9 Å². The van der Waals surface area contributed by atoms with Crippen molar-refractivity contribution in [3.63, 3.8) is 0 Å². The largest absolute Gasteiger partial charge is 0.467 e. The van der Waals surface area contributed by atoms with E-state index in [1.54, 1.807) is 30.5 Å². The van der Waals surface area contributed by atoms with Gasteiger partial charge in [-0.3, -0.25) is 14.2 Å². The maximum absolute atomic E-state index is 12.6. The molecule has 31 heavy (non-hydrogen) atoms. The minimum atomic E-state index is -0.197. The third-order valence-corrected chi connectivity index (χ3v) is 6.24. The zero-order valence-electron chi connectivity index (χ0n) is 16.9. The van der Waals surface area contributed by atoms with Crippen LogP contribution in [0.4, 0.5) is 5.69 Å². The van der Waals surface area contributed by atoms with Crippen molar-refractivity contribution < 1.29 is 14.0 Å². The van der Waals surface area contributed by atoms with Gasteiger partial charge in [-0.2, -0.15) is 0 Å². The Balaban J connectivity index is 1.25. The first-order valence-corrected chi connectivity index (χ1v) is 11.4. The lowest BCUT2D eigenvalue weighted by atomic mass is 10.1. The molecule has 2 aliphatic rings. The van der Waals surface area contributed by atoms with Crippen molar-refractivity contribution in [3.05, 3.63) is 59.8 Å². The highest BCUT2D eigenvalue weighted by Gasteiger charge is 2.31. The van der Waals surface area contributed by atoms with Crippen LogP contribution in [0.1, 0.15) is 53.5 Å². The number of amides is 2. The fourth-order valence-corrected chi connectivity index (χ4v) is 4.10. The van der Waals surface area contributed by atoms with Gasteiger partial charge in [-0.25, -0.2) is 0 Å². The molecule has 2 N–H and O–H groups in total. The zero-order chi connectivity index (χ0) is 21.2. The highest BCUT2D eigenvalue weighted by molar-refractivity contribution is 7.99. The van der Waals surface area contributed by atoms with Crippen LogP contribution >= 0.6 is 11.8 Å². The van der Waals surface area contributed by atoms with E-state index < -0.39 is 0 Å². The summed E-state index contributed by atoms with van der Waals surface area (Å²) >= 11 is 1.33. The van der Waals surface area contributed by atoms with Crippen molar-refractivity contribution in [3.8, 4) is 0 Å². The Kier molecular flexibility index (Phi) is 5.50. The molecule has 0 bridgehead atoms. The average molecular weight is 438 g/mol. The van der Waals surface area contributed by atoms with Gasteiger partial charge in [-0.1, -0.05) is 23.9 Å². The number of hydrogen-bond donors (Lipinski definition) is 2. The Morgan fingerprint density at radius 2 is 1.94 bits per heavy atom. The zero-order valence-corrected chi connectivity index (χ0v) is 17.7. The number of aromatic nitrogens is 3. The highest BCUT2D eigenvalue weighted by atomic mass is 32.2. The van der Waals surface area contributed by atoms with Crippen molar-refractivity contribution in [1.82, 2.24) is 20.1 Å². The summed E-state index contributed by atoms with van der Waals surface area (Å²) in [6.45, 7) is 0.542. The van der Waals surface area contributed by atoms with Gasteiger partial charge in [0.05, 0.1) is 29.8 Å². The highest BCUT2D eigenvalue weighted by Crippen LogP contribution is 2.40. The van der Waals surface area contributed by atoms with Gasteiger partial charge in [-0.15, -0.1) is 10.2 Å². The summed E-state index contributed by atoms with van der Waals surface area (Å²) in [5.74, 6) is 2.02. The average Bonchev–Trinajstić information content (AvgIpc) is 3.69. The Morgan fingerprint density at radius 1 is 1.10 bits per heavy atom. The molecule has 1 aromatic carbocycles. The SMILES string of the molecule is O=C(CSc1nnc(C2CC2)n1Cc1ccco1)Nc1ccccc1C(=O)NC1CC1. The third-order valence-electron chi connectivity index (χ3n) is 5.27. The molecule has 8 nitrogen and oxygen atoms in total. The van der Waals surface area contributed by atoms with E-state index in [2.05, 4.69) is 20.8 Å². The number of benzene rings is 1. The van der Waals surface area contributed by atoms with Crippen LogP contribution in [0, 0.1) is 0 Å². The second-order valence-corrected chi connectivity index (χ2v) is 8.85. The van der Waals surface area contributed by atoms with E-state index in [1.807, 2.05) is 16.7 Å². The summed E-state index contributed by atoms with van der Waals surface area (Å²) in [6.07, 6.45) is 5.90. The van der Waals surface area contributed by atoms with Gasteiger partial charge in [0.2, 0.25) is 5.91 Å². The topological polar surface area (TPSA) is 102 Å². The molecule has 2 saturated carbocycles. The lowest BCUT2D eigenvalue weighted by molar-refractivity contribution is -0.113. The first kappa shape index (κ1) is 19.9. The summed E-state index contributed by atoms with van der Waals surface area (Å²) in [5.41, 5.74) is 0.992. The van der Waals surface area contributed by atoms with E-state index in [4.69, 9.17) is 4.42 Å². The molecule has 2 aliphatic carbocycles. The third kappa shape index (κ3) is 4.82. The number of rotatable bonds is 9. The minimum Gasteiger partial charge on any atom is -0.467 e. The number of carbonyl (C=O) groups excluding carboxylic acids is 2. The normalized spacial score (nSPS) is 15.6. The van der Waals surface area contributed by atoms with Crippen LogP contribution in [0.5, 0.6) is 0 Å². The molecule has 9 heteroatoms. The predicted molar refractivity (Wildman–Crippen MR) is 116 cm³/mol. The van der Waals surface area contributed by atoms with Gasteiger partial charge in [-0.05, 0) is 49.9 Å². The Hall–Kier alpha value is -3.07. The molecule has 160 valence electrons. The van der Waals surface area contributed by atoms with E-state index in [-0.39, 0.29) is 23.6 Å². The fraction of sp³-hybridized carbons (Fsp3) is 0.364. The Morgan fingerprint density at radius 3 is 2.68 bits per heavy atom. The molecule has 2 heterocycles. The number of hydrogen-bond acceptors (Lipinski definition) is 6. The standard InChI is InChI=1S/C22H23N5O3S/c28-19(24-18-6-2-1-5-17(18)21(29)23-15-9-10-15)13-31-22-26-25-20(14-7-8-14)27(22)12-16-4-3-11-30-16/h1-6,11,14-15H,7-10,12-13H2,(H,23,29)(H,24,28). The number of anilines is 1. The van der Waals surface area contributed by atoms with Gasteiger partial charge >= 0.3 is 0 Å². The first-order chi connectivity index (χ1) is 15.2. The molecule has 2 aromatic heterocycles. The van der Waals surface area contributed by atoms with E-state index in [1.165, 1.54) is 11.8 Å². The van der Waals surface area contributed by atoms with Gasteiger partial charge < -0.3 is 15.1 Å². The van der Waals surface area contributed by atoms with Crippen molar-refractivity contribution in [2.24, 2.45) is 0 Å². The van der Waals surface area contributed by atoms with Crippen molar-refractivity contribution in [2.45, 2.75) is 49.3 Å². The van der Waals surface area contributed by atoms with E-state index >= 15 is 0 Å². The smallest absolute Gasteiger partial charge is 0.253 e. The van der Waals surface area contributed by atoms with Crippen molar-refractivity contribution in [1.29, 1.82) is 0 Å². The molecule has 0 spiro atoms. The second kappa shape index (κ2) is 8.58. The lowest BCUT2D eigenvalue weighted by Crippen LogP contribution is -2.27. The molecular formula is C22H23N5O3S. The van der Waals surface area contributed by atoms with E-state index in [0.717, 1.165) is 37.3 Å². The predicted octanol–water partition coefficient (Wildman–Crippen LogP) is 3.42. The molecule has 0 radical (unpaired) electrons. The molecule has 0 aliphatic heterocycles. The number of carbonyl (C=O) groups is 2. The van der Waals surface area contributed by atoms with Crippen LogP contribution in [0.2, 0.25) is 0 Å². The van der Waals surface area contributed by atoms with Gasteiger partial charge in [0.15, 0.2) is 5.16 Å². The maximum Gasteiger partial charge on any atom is 0.253 e. The second-order valence-electron chi connectivity index (χ2n) is 7.91. The number of nitrogens with one attached hydrogen (secondary N) is 2. The van der Waals surface area contributed by atoms with Crippen LogP contribution in [0.3, 0.4) is 0 Å². The minimum absolute atomic E-state index is 0.154. The molecular weight excluding hydrogens is 414 g/mol. The quantitative estimate of drug-likeness (QED) is 0.498. The van der Waals surface area contributed by atoms with Gasteiger partial charge in [0.1, 0.15) is 11.6 Å². The molecule has 2 amide bonds. The number of para-hydroxylation sites is 1. The molecule has 0 atom stereocenters. The molecule has 5 rings (SSSR count). The monoisotopic (exact) mass is 437 g/mol. The molecule has 0 saturated heterocycles. The van der Waals surface area contributed by atoms with E-state index in [9.17, 15) is 9.59 Å². The first-order valence-electron chi connectivity index (χ1n) is 10.5. The van der Waals surface area contributed by atoms with Gasteiger partial charge in [0.25, 0.3) is 5.91 Å². The summed E-state index contributed by atoms with van der Waals surface area (Å²) in [6, 6.07) is 11.1. The van der Waals surface area contributed by atoms with Crippen LogP contribution in [-0.4, -0.2) is 38.4 Å². The van der Waals surface area contributed by atoms with Crippen LogP contribution in [0.25, 0.3) is 0 Å². The summed E-state index contributed by atoms with van der Waals surface area (Å²) < 4.78 is 7.52. The Labute approximate surface area is 183 Å². The van der Waals surface area contributed by atoms with Crippen molar-refractivity contribution >= 4 is 29.3 Å². The lowest BCUT2D eigenvalue weighted by Gasteiger charge is -2.11. The summed E-state index contributed by atoms with van der Waals surface area (Å²) in [7, 11) is 0. The van der Waals surface area contributed by atoms with Crippen molar-refractivity contribution in [2.75, 3.05) is 11.1 Å². The summed E-state index contributed by atoms with van der Waals surface area (Å²) in [4.78, 5) is 25.1. The number of furan rings is 1.